The average Bonchev–Trinajstić information content (AvgIpc) is 2.35. The maximum Gasteiger partial charge on any atom is 0.248 e. The minimum atomic E-state index is -0.426. The molecule has 2 atom stereocenters. The van der Waals surface area contributed by atoms with Crippen LogP contribution in [-0.4, -0.2) is 11.9 Å². The van der Waals surface area contributed by atoms with Gasteiger partial charge in [-0.1, -0.05) is 31.9 Å². The van der Waals surface area contributed by atoms with Crippen molar-refractivity contribution >= 4 is 23.2 Å². The zero-order chi connectivity index (χ0) is 14.0. The SMILES string of the molecule is CC1CCCC(C)C1Nc1cc(C(N)=O)ccc1Cl. The van der Waals surface area contributed by atoms with E-state index in [2.05, 4.69) is 19.2 Å². The van der Waals surface area contributed by atoms with Crippen LogP contribution in [-0.2, 0) is 0 Å². The van der Waals surface area contributed by atoms with E-state index in [1.807, 2.05) is 0 Å². The van der Waals surface area contributed by atoms with E-state index in [-0.39, 0.29) is 0 Å². The van der Waals surface area contributed by atoms with Crippen LogP contribution in [0.2, 0.25) is 5.02 Å². The molecule has 0 heterocycles. The number of nitrogens with one attached hydrogen (secondary N) is 1. The van der Waals surface area contributed by atoms with Crippen molar-refractivity contribution in [3.63, 3.8) is 0 Å². The first-order valence-corrected chi connectivity index (χ1v) is 7.22. The van der Waals surface area contributed by atoms with E-state index in [9.17, 15) is 4.79 Å². The molecule has 1 amide bonds. The molecule has 2 unspecified atom stereocenters. The third kappa shape index (κ3) is 3.21. The predicted molar refractivity (Wildman–Crippen MR) is 79.6 cm³/mol. The molecule has 3 N–H and O–H groups in total. The molecule has 1 aromatic rings. The zero-order valence-electron chi connectivity index (χ0n) is 11.4. The lowest BCUT2D eigenvalue weighted by molar-refractivity contribution is 0.100. The summed E-state index contributed by atoms with van der Waals surface area (Å²) in [4.78, 5) is 11.2. The molecule has 104 valence electrons. The summed E-state index contributed by atoms with van der Waals surface area (Å²) in [6.45, 7) is 4.53. The maximum absolute atomic E-state index is 11.2. The van der Waals surface area contributed by atoms with Gasteiger partial charge in [0.05, 0.1) is 10.7 Å². The van der Waals surface area contributed by atoms with Crippen LogP contribution in [0, 0.1) is 11.8 Å². The van der Waals surface area contributed by atoms with Gasteiger partial charge in [-0.3, -0.25) is 4.79 Å². The molecular formula is C15H21ClN2O. The molecule has 19 heavy (non-hydrogen) atoms. The van der Waals surface area contributed by atoms with Crippen molar-refractivity contribution in [2.45, 2.75) is 39.2 Å². The molecule has 0 spiro atoms. The summed E-state index contributed by atoms with van der Waals surface area (Å²) >= 11 is 6.20. The number of primary amides is 1. The van der Waals surface area contributed by atoms with Crippen LogP contribution in [0.3, 0.4) is 0 Å². The predicted octanol–water partition coefficient (Wildman–Crippen LogP) is 3.68. The highest BCUT2D eigenvalue weighted by atomic mass is 35.5. The largest absolute Gasteiger partial charge is 0.381 e. The highest BCUT2D eigenvalue weighted by Gasteiger charge is 2.28. The lowest BCUT2D eigenvalue weighted by Crippen LogP contribution is -2.37. The van der Waals surface area contributed by atoms with Crippen molar-refractivity contribution < 1.29 is 4.79 Å². The lowest BCUT2D eigenvalue weighted by atomic mass is 9.78. The van der Waals surface area contributed by atoms with Crippen molar-refractivity contribution in [1.82, 2.24) is 0 Å². The van der Waals surface area contributed by atoms with Gasteiger partial charge in [-0.05, 0) is 42.9 Å². The zero-order valence-corrected chi connectivity index (χ0v) is 12.2. The number of hydrogen-bond donors (Lipinski definition) is 2. The summed E-state index contributed by atoms with van der Waals surface area (Å²) in [6, 6.07) is 5.53. The Kier molecular flexibility index (Phi) is 4.35. The van der Waals surface area contributed by atoms with Crippen LogP contribution in [0.25, 0.3) is 0 Å². The number of amides is 1. The third-order valence-electron chi connectivity index (χ3n) is 4.12. The summed E-state index contributed by atoms with van der Waals surface area (Å²) in [6.07, 6.45) is 3.75. The molecule has 0 saturated heterocycles. The Morgan fingerprint density at radius 2 is 1.95 bits per heavy atom. The standard InChI is InChI=1S/C15H21ClN2O/c1-9-4-3-5-10(2)14(9)18-13-8-11(15(17)19)6-7-12(13)16/h6-10,14,18H,3-5H2,1-2H3,(H2,17,19). The van der Waals surface area contributed by atoms with Crippen molar-refractivity contribution in [3.8, 4) is 0 Å². The highest BCUT2D eigenvalue weighted by molar-refractivity contribution is 6.33. The molecule has 0 bridgehead atoms. The molecule has 0 radical (unpaired) electrons. The van der Waals surface area contributed by atoms with E-state index in [1.54, 1.807) is 18.2 Å². The van der Waals surface area contributed by atoms with Gasteiger partial charge in [0.2, 0.25) is 5.91 Å². The van der Waals surface area contributed by atoms with Crippen LogP contribution in [0.15, 0.2) is 18.2 Å². The molecule has 0 aromatic heterocycles. The van der Waals surface area contributed by atoms with Crippen molar-refractivity contribution in [1.29, 1.82) is 0 Å². The Hall–Kier alpha value is -1.22. The number of anilines is 1. The summed E-state index contributed by atoms with van der Waals surface area (Å²) in [5.41, 5.74) is 6.61. The summed E-state index contributed by atoms with van der Waals surface area (Å²) in [7, 11) is 0. The molecule has 2 rings (SSSR count). The van der Waals surface area contributed by atoms with Crippen molar-refractivity contribution in [3.05, 3.63) is 28.8 Å². The number of nitrogens with two attached hydrogens (primary N) is 1. The van der Waals surface area contributed by atoms with Crippen LogP contribution in [0.1, 0.15) is 43.5 Å². The van der Waals surface area contributed by atoms with Crippen LogP contribution in [0.4, 0.5) is 5.69 Å². The monoisotopic (exact) mass is 280 g/mol. The van der Waals surface area contributed by atoms with Gasteiger partial charge >= 0.3 is 0 Å². The molecule has 1 saturated carbocycles. The second-order valence-electron chi connectivity index (χ2n) is 5.61. The second-order valence-corrected chi connectivity index (χ2v) is 6.02. The first-order chi connectivity index (χ1) is 8.99. The maximum atomic E-state index is 11.2. The van der Waals surface area contributed by atoms with Gasteiger partial charge in [0, 0.05) is 11.6 Å². The van der Waals surface area contributed by atoms with Crippen molar-refractivity contribution in [2.24, 2.45) is 17.6 Å². The fourth-order valence-corrected chi connectivity index (χ4v) is 3.11. The topological polar surface area (TPSA) is 55.1 Å². The van der Waals surface area contributed by atoms with E-state index >= 15 is 0 Å². The van der Waals surface area contributed by atoms with Gasteiger partial charge in [-0.2, -0.15) is 0 Å². The van der Waals surface area contributed by atoms with Crippen LogP contribution < -0.4 is 11.1 Å². The third-order valence-corrected chi connectivity index (χ3v) is 4.45. The highest BCUT2D eigenvalue weighted by Crippen LogP contribution is 2.33. The van der Waals surface area contributed by atoms with Crippen molar-refractivity contribution in [2.75, 3.05) is 5.32 Å². The van der Waals surface area contributed by atoms with Crippen LogP contribution in [0.5, 0.6) is 0 Å². The molecule has 1 aliphatic carbocycles. The molecule has 0 aliphatic heterocycles. The van der Waals surface area contributed by atoms with Gasteiger partial charge in [0.25, 0.3) is 0 Å². The second kappa shape index (κ2) is 5.83. The minimum Gasteiger partial charge on any atom is -0.381 e. The average molecular weight is 281 g/mol. The van der Waals surface area contributed by atoms with Gasteiger partial charge in [0.15, 0.2) is 0 Å². The molecule has 1 aliphatic rings. The quantitative estimate of drug-likeness (QED) is 0.887. The number of hydrogen-bond acceptors (Lipinski definition) is 2. The first kappa shape index (κ1) is 14.2. The number of carbonyl (C=O) groups is 1. The number of carbonyl (C=O) groups excluding carboxylic acids is 1. The minimum absolute atomic E-state index is 0.398. The summed E-state index contributed by atoms with van der Waals surface area (Å²) in [5, 5.41) is 4.14. The molecule has 1 aromatic carbocycles. The smallest absolute Gasteiger partial charge is 0.248 e. The summed E-state index contributed by atoms with van der Waals surface area (Å²) < 4.78 is 0. The fourth-order valence-electron chi connectivity index (χ4n) is 2.93. The van der Waals surface area contributed by atoms with Gasteiger partial charge in [-0.25, -0.2) is 0 Å². The normalized spacial score (nSPS) is 27.0. The first-order valence-electron chi connectivity index (χ1n) is 6.85. The number of benzene rings is 1. The Bertz CT molecular complexity index is 465. The molecule has 4 heteroatoms. The van der Waals surface area contributed by atoms with E-state index in [0.717, 1.165) is 5.69 Å². The molecule has 3 nitrogen and oxygen atoms in total. The molecular weight excluding hydrogens is 260 g/mol. The Morgan fingerprint density at radius 3 is 2.53 bits per heavy atom. The van der Waals surface area contributed by atoms with E-state index in [4.69, 9.17) is 17.3 Å². The Labute approximate surface area is 119 Å². The van der Waals surface area contributed by atoms with E-state index < -0.39 is 5.91 Å². The van der Waals surface area contributed by atoms with Gasteiger partial charge in [0.1, 0.15) is 0 Å². The number of halogens is 1. The Morgan fingerprint density at radius 1 is 1.32 bits per heavy atom. The summed E-state index contributed by atoms with van der Waals surface area (Å²) in [5.74, 6) is 0.790. The van der Waals surface area contributed by atoms with Crippen LogP contribution >= 0.6 is 11.6 Å². The van der Waals surface area contributed by atoms with Gasteiger partial charge in [-0.15, -0.1) is 0 Å². The number of rotatable bonds is 3. The van der Waals surface area contributed by atoms with E-state index in [0.29, 0.717) is 28.5 Å². The lowest BCUT2D eigenvalue weighted by Gasteiger charge is -2.36. The fraction of sp³-hybridized carbons (Fsp3) is 0.533. The Balaban J connectivity index is 2.21. The molecule has 1 fully saturated rings. The van der Waals surface area contributed by atoms with Gasteiger partial charge < -0.3 is 11.1 Å². The van der Waals surface area contributed by atoms with E-state index in [1.165, 1.54) is 19.3 Å².